The minimum atomic E-state index is -4.44. The van der Waals surface area contributed by atoms with Crippen LogP contribution in [0.1, 0.15) is 6.42 Å². The molecule has 0 spiro atoms. The Labute approximate surface area is 91.5 Å². The van der Waals surface area contributed by atoms with Crippen molar-refractivity contribution in [1.82, 2.24) is 4.90 Å². The van der Waals surface area contributed by atoms with Crippen LogP contribution < -0.4 is 0 Å². The van der Waals surface area contributed by atoms with Gasteiger partial charge < -0.3 is 10.0 Å². The molecule has 2 atom stereocenters. The van der Waals surface area contributed by atoms with Crippen molar-refractivity contribution < 1.29 is 23.1 Å². The fourth-order valence-electron chi connectivity index (χ4n) is 1.92. The molecule has 0 bridgehead atoms. The van der Waals surface area contributed by atoms with Crippen LogP contribution in [0.25, 0.3) is 0 Å². The summed E-state index contributed by atoms with van der Waals surface area (Å²) in [6.07, 6.45) is -2.26. The zero-order valence-corrected chi connectivity index (χ0v) is 8.70. The third-order valence-corrected chi connectivity index (χ3v) is 2.78. The number of alkyl halides is 3. The molecule has 0 aliphatic carbocycles. The molecule has 1 saturated heterocycles. The predicted octanol–water partition coefficient (Wildman–Crippen LogP) is 1.76. The summed E-state index contributed by atoms with van der Waals surface area (Å²) in [5, 5.41) is 8.74. The summed E-state index contributed by atoms with van der Waals surface area (Å²) in [6, 6.07) is 0. The lowest BCUT2D eigenvalue weighted by atomic mass is 9.96. The Balaban J connectivity index is 2.68. The highest BCUT2D eigenvalue weighted by atomic mass is 19.4. The summed E-state index contributed by atoms with van der Waals surface area (Å²) < 4.78 is 37.7. The monoisotopic (exact) mass is 237 g/mol. The molecular weight excluding hydrogens is 223 g/mol. The van der Waals surface area contributed by atoms with Crippen molar-refractivity contribution >= 4 is 5.97 Å². The molecule has 0 amide bonds. The Hall–Kier alpha value is -1.04. The van der Waals surface area contributed by atoms with E-state index in [2.05, 4.69) is 6.58 Å². The van der Waals surface area contributed by atoms with Crippen LogP contribution in [0.2, 0.25) is 0 Å². The lowest BCUT2D eigenvalue weighted by Crippen LogP contribution is -2.33. The van der Waals surface area contributed by atoms with Gasteiger partial charge in [-0.2, -0.15) is 13.2 Å². The van der Waals surface area contributed by atoms with Crippen LogP contribution in [0.5, 0.6) is 0 Å². The first-order valence-electron chi connectivity index (χ1n) is 4.99. The quantitative estimate of drug-likeness (QED) is 0.757. The van der Waals surface area contributed by atoms with Gasteiger partial charge in [0.15, 0.2) is 0 Å². The number of hydrogen-bond acceptors (Lipinski definition) is 2. The van der Waals surface area contributed by atoms with Gasteiger partial charge in [-0.15, -0.1) is 6.58 Å². The Morgan fingerprint density at radius 1 is 1.50 bits per heavy atom. The van der Waals surface area contributed by atoms with Gasteiger partial charge in [-0.3, -0.25) is 4.79 Å². The third kappa shape index (κ3) is 2.98. The van der Waals surface area contributed by atoms with E-state index in [9.17, 15) is 18.0 Å². The number of carboxylic acids is 1. The molecule has 0 aromatic carbocycles. The number of halogens is 3. The average molecular weight is 237 g/mol. The molecule has 1 heterocycles. The molecule has 0 unspecified atom stereocenters. The van der Waals surface area contributed by atoms with Gasteiger partial charge in [0.25, 0.3) is 0 Å². The number of likely N-dealkylation sites (tertiary alicyclic amines) is 1. The van der Waals surface area contributed by atoms with Crippen LogP contribution in [-0.4, -0.2) is 41.8 Å². The zero-order valence-electron chi connectivity index (χ0n) is 8.70. The SMILES string of the molecule is C=CCCN1C[C@@H](C(F)(F)F)[C@H](C(=O)O)C1. The van der Waals surface area contributed by atoms with E-state index in [0.29, 0.717) is 13.0 Å². The molecule has 92 valence electrons. The Morgan fingerprint density at radius 2 is 2.12 bits per heavy atom. The Bertz CT molecular complexity index is 278. The normalized spacial score (nSPS) is 26.9. The molecule has 1 rings (SSSR count). The molecular formula is C10H14F3NO2. The van der Waals surface area contributed by atoms with Crippen LogP contribution in [0.3, 0.4) is 0 Å². The first-order valence-corrected chi connectivity index (χ1v) is 4.99. The van der Waals surface area contributed by atoms with E-state index >= 15 is 0 Å². The van der Waals surface area contributed by atoms with Gasteiger partial charge in [0.1, 0.15) is 0 Å². The lowest BCUT2D eigenvalue weighted by molar-refractivity contribution is -0.188. The second-order valence-electron chi connectivity index (χ2n) is 3.93. The van der Waals surface area contributed by atoms with Crippen LogP contribution in [0, 0.1) is 11.8 Å². The first-order chi connectivity index (χ1) is 7.36. The largest absolute Gasteiger partial charge is 0.481 e. The third-order valence-electron chi connectivity index (χ3n) is 2.78. The van der Waals surface area contributed by atoms with Gasteiger partial charge >= 0.3 is 12.1 Å². The van der Waals surface area contributed by atoms with Crippen LogP contribution in [-0.2, 0) is 4.79 Å². The highest BCUT2D eigenvalue weighted by Gasteiger charge is 2.52. The van der Waals surface area contributed by atoms with Crippen LogP contribution in [0.15, 0.2) is 12.7 Å². The first kappa shape index (κ1) is 13.0. The number of hydrogen-bond donors (Lipinski definition) is 1. The maximum absolute atomic E-state index is 12.6. The molecule has 6 heteroatoms. The van der Waals surface area contributed by atoms with E-state index in [0.717, 1.165) is 0 Å². The van der Waals surface area contributed by atoms with Crippen molar-refractivity contribution in [1.29, 1.82) is 0 Å². The molecule has 0 aromatic heterocycles. The number of carbonyl (C=O) groups is 1. The van der Waals surface area contributed by atoms with Crippen molar-refractivity contribution in [3.63, 3.8) is 0 Å². The van der Waals surface area contributed by atoms with E-state index in [1.165, 1.54) is 4.90 Å². The molecule has 1 N–H and O–H groups in total. The van der Waals surface area contributed by atoms with Crippen LogP contribution >= 0.6 is 0 Å². The molecule has 3 nitrogen and oxygen atoms in total. The van der Waals surface area contributed by atoms with Crippen LogP contribution in [0.4, 0.5) is 13.2 Å². The van der Waals surface area contributed by atoms with Gasteiger partial charge in [-0.1, -0.05) is 6.08 Å². The van der Waals surface area contributed by atoms with Gasteiger partial charge in [0.05, 0.1) is 11.8 Å². The minimum Gasteiger partial charge on any atom is -0.481 e. The lowest BCUT2D eigenvalue weighted by Gasteiger charge is -2.18. The molecule has 0 radical (unpaired) electrons. The Morgan fingerprint density at radius 3 is 2.50 bits per heavy atom. The zero-order chi connectivity index (χ0) is 12.3. The number of rotatable bonds is 4. The summed E-state index contributed by atoms with van der Waals surface area (Å²) in [7, 11) is 0. The molecule has 1 aliphatic rings. The van der Waals surface area contributed by atoms with Gasteiger partial charge in [0, 0.05) is 19.6 Å². The summed E-state index contributed by atoms with van der Waals surface area (Å²) in [5.74, 6) is -4.47. The smallest absolute Gasteiger partial charge is 0.393 e. The molecule has 0 saturated carbocycles. The number of nitrogens with zero attached hydrogens (tertiary/aromatic N) is 1. The van der Waals surface area contributed by atoms with E-state index < -0.39 is 24.0 Å². The van der Waals surface area contributed by atoms with E-state index in [1.54, 1.807) is 6.08 Å². The predicted molar refractivity (Wildman–Crippen MR) is 51.9 cm³/mol. The molecule has 1 fully saturated rings. The highest BCUT2D eigenvalue weighted by Crippen LogP contribution is 2.37. The fraction of sp³-hybridized carbons (Fsp3) is 0.700. The summed E-state index contributed by atoms with van der Waals surface area (Å²) >= 11 is 0. The maximum atomic E-state index is 12.6. The highest BCUT2D eigenvalue weighted by molar-refractivity contribution is 5.71. The van der Waals surface area contributed by atoms with Gasteiger partial charge in [-0.25, -0.2) is 0 Å². The van der Waals surface area contributed by atoms with Crippen molar-refractivity contribution in [2.24, 2.45) is 11.8 Å². The minimum absolute atomic E-state index is 0.0344. The van der Waals surface area contributed by atoms with Crippen molar-refractivity contribution in [3.8, 4) is 0 Å². The number of carboxylic acid groups (broad SMARTS) is 1. The average Bonchev–Trinajstić information content (AvgIpc) is 2.58. The Kier molecular flexibility index (Phi) is 3.96. The summed E-state index contributed by atoms with van der Waals surface area (Å²) in [6.45, 7) is 3.65. The number of aliphatic carboxylic acids is 1. The molecule has 0 aromatic rings. The van der Waals surface area contributed by atoms with Gasteiger partial charge in [-0.05, 0) is 6.42 Å². The van der Waals surface area contributed by atoms with E-state index in [4.69, 9.17) is 5.11 Å². The summed E-state index contributed by atoms with van der Waals surface area (Å²) in [5.41, 5.74) is 0. The fourth-order valence-corrected chi connectivity index (χ4v) is 1.92. The van der Waals surface area contributed by atoms with Crippen molar-refractivity contribution in [2.45, 2.75) is 12.6 Å². The maximum Gasteiger partial charge on any atom is 0.393 e. The molecule has 16 heavy (non-hydrogen) atoms. The van der Waals surface area contributed by atoms with E-state index in [1.807, 2.05) is 0 Å². The molecule has 1 aliphatic heterocycles. The second kappa shape index (κ2) is 4.86. The second-order valence-corrected chi connectivity index (χ2v) is 3.93. The van der Waals surface area contributed by atoms with Gasteiger partial charge in [0.2, 0.25) is 0 Å². The van der Waals surface area contributed by atoms with Crippen molar-refractivity contribution in [3.05, 3.63) is 12.7 Å². The van der Waals surface area contributed by atoms with E-state index in [-0.39, 0.29) is 13.1 Å². The topological polar surface area (TPSA) is 40.5 Å². The van der Waals surface area contributed by atoms with Crippen molar-refractivity contribution in [2.75, 3.05) is 19.6 Å². The standard InChI is InChI=1S/C10H14F3NO2/c1-2-3-4-14-5-7(9(15)16)8(6-14)10(11,12)13/h2,7-8H,1,3-6H2,(H,15,16)/t7-,8-/m1/s1. The summed E-state index contributed by atoms with van der Waals surface area (Å²) in [4.78, 5) is 12.3.